The topological polar surface area (TPSA) is 87.7 Å². The smallest absolute Gasteiger partial charge is 0.352 e. The van der Waals surface area contributed by atoms with Crippen molar-refractivity contribution >= 4 is 5.91 Å². The highest BCUT2D eigenvalue weighted by atomic mass is 19.4. The number of aromatic amines is 1. The molecule has 2 N–H and O–H groups in total. The van der Waals surface area contributed by atoms with E-state index >= 15 is 0 Å². The molecule has 1 amide bonds. The highest BCUT2D eigenvalue weighted by Gasteiger charge is 2.34. The molecule has 1 aromatic carbocycles. The summed E-state index contributed by atoms with van der Waals surface area (Å²) < 4.78 is 41.3. The summed E-state index contributed by atoms with van der Waals surface area (Å²) in [7, 11) is 0. The van der Waals surface area contributed by atoms with E-state index < -0.39 is 17.3 Å². The molecule has 1 saturated carbocycles. The van der Waals surface area contributed by atoms with E-state index in [4.69, 9.17) is 0 Å². The van der Waals surface area contributed by atoms with Crippen molar-refractivity contribution in [1.29, 1.82) is 0 Å². The molecule has 35 heavy (non-hydrogen) atoms. The number of carbonyl (C=O) groups excluding carboxylic acids is 1. The van der Waals surface area contributed by atoms with E-state index in [1.54, 1.807) is 18.3 Å². The number of alkyl halides is 3. The molecule has 1 aliphatic rings. The number of rotatable bonds is 6. The summed E-state index contributed by atoms with van der Waals surface area (Å²) in [5.41, 5.74) is -0.207. The molecule has 6 nitrogen and oxygen atoms in total. The first-order valence-electron chi connectivity index (χ1n) is 11.3. The molecule has 180 valence electrons. The second-order valence-corrected chi connectivity index (χ2v) is 8.36. The highest BCUT2D eigenvalue weighted by molar-refractivity contribution is 5.76. The van der Waals surface area contributed by atoms with Gasteiger partial charge in [-0.15, -0.1) is 0 Å². The predicted molar refractivity (Wildman–Crippen MR) is 125 cm³/mol. The second kappa shape index (κ2) is 10.1. The van der Waals surface area contributed by atoms with Gasteiger partial charge in [0.1, 0.15) is 5.82 Å². The number of amides is 1. The van der Waals surface area contributed by atoms with Crippen LogP contribution in [0.15, 0.2) is 47.4 Å². The third kappa shape index (κ3) is 6.35. The lowest BCUT2D eigenvalue weighted by Gasteiger charge is -2.15. The summed E-state index contributed by atoms with van der Waals surface area (Å²) >= 11 is 0. The zero-order valence-electron chi connectivity index (χ0n) is 19.0. The molecule has 9 heteroatoms. The van der Waals surface area contributed by atoms with Gasteiger partial charge in [0, 0.05) is 42.3 Å². The number of benzene rings is 1. The number of H-pyrrole nitrogens is 1. The number of halogens is 3. The van der Waals surface area contributed by atoms with Crippen LogP contribution >= 0.6 is 0 Å². The predicted octanol–water partition coefficient (Wildman–Crippen LogP) is 4.70. The van der Waals surface area contributed by atoms with Crippen LogP contribution in [0.1, 0.15) is 49.3 Å². The van der Waals surface area contributed by atoms with Crippen LogP contribution < -0.4 is 10.9 Å². The minimum absolute atomic E-state index is 0.0544. The molecule has 0 radical (unpaired) electrons. The molecule has 1 fully saturated rings. The standard InChI is InChI=1S/C26H23F3N4O2/c1-2-3-23(34)31-15-18-8-10-20(26(27,28)29)19(12-18)25-32-22(13-24(35)33-25)21-11-9-17(14-30-21)7-6-16-4-5-16/h8-14,16H,2-5,15H2,1H3,(H,31,34)(H,32,33,35). The zero-order valence-corrected chi connectivity index (χ0v) is 19.0. The van der Waals surface area contributed by atoms with Gasteiger partial charge in [-0.25, -0.2) is 4.98 Å². The zero-order chi connectivity index (χ0) is 25.0. The maximum Gasteiger partial charge on any atom is 0.417 e. The fraction of sp³-hybridized carbons (Fsp3) is 0.308. The lowest BCUT2D eigenvalue weighted by atomic mass is 10.0. The average Bonchev–Trinajstić information content (AvgIpc) is 3.65. The summed E-state index contributed by atoms with van der Waals surface area (Å²) in [5, 5.41) is 2.68. The van der Waals surface area contributed by atoms with Crippen molar-refractivity contribution in [2.45, 2.75) is 45.3 Å². The fourth-order valence-corrected chi connectivity index (χ4v) is 3.41. The van der Waals surface area contributed by atoms with Gasteiger partial charge in [-0.3, -0.25) is 14.6 Å². The van der Waals surface area contributed by atoms with Crippen LogP contribution in [-0.2, 0) is 17.5 Å². The Morgan fingerprint density at radius 1 is 1.17 bits per heavy atom. The molecule has 0 atom stereocenters. The van der Waals surface area contributed by atoms with Gasteiger partial charge in [0.15, 0.2) is 0 Å². The SMILES string of the molecule is CCCC(=O)NCc1ccc(C(F)(F)F)c(-c2nc(-c3ccc(C#CC4CC4)cn3)cc(=O)[nH]2)c1. The van der Waals surface area contributed by atoms with Crippen molar-refractivity contribution in [1.82, 2.24) is 20.3 Å². The van der Waals surface area contributed by atoms with E-state index in [1.165, 1.54) is 18.2 Å². The quantitative estimate of drug-likeness (QED) is 0.501. The maximum atomic E-state index is 13.8. The molecule has 0 bridgehead atoms. The van der Waals surface area contributed by atoms with Gasteiger partial charge in [0.2, 0.25) is 5.91 Å². The van der Waals surface area contributed by atoms with E-state index in [-0.39, 0.29) is 29.5 Å². The van der Waals surface area contributed by atoms with Crippen molar-refractivity contribution < 1.29 is 18.0 Å². The van der Waals surface area contributed by atoms with Crippen LogP contribution in [0.5, 0.6) is 0 Å². The lowest BCUT2D eigenvalue weighted by molar-refractivity contribution is -0.137. The summed E-state index contributed by atoms with van der Waals surface area (Å²) in [5.74, 6) is 6.17. The minimum Gasteiger partial charge on any atom is -0.352 e. The summed E-state index contributed by atoms with van der Waals surface area (Å²) in [6, 6.07) is 8.05. The summed E-state index contributed by atoms with van der Waals surface area (Å²) in [6.07, 6.45) is 0.0585. The van der Waals surface area contributed by atoms with Crippen molar-refractivity contribution in [3.05, 3.63) is 69.6 Å². The van der Waals surface area contributed by atoms with Crippen molar-refractivity contribution in [2.75, 3.05) is 0 Å². The number of hydrogen-bond acceptors (Lipinski definition) is 4. The molecule has 1 aliphatic carbocycles. The Hall–Kier alpha value is -3.93. The van der Waals surface area contributed by atoms with Gasteiger partial charge in [-0.2, -0.15) is 13.2 Å². The third-order valence-corrected chi connectivity index (χ3v) is 5.38. The first kappa shape index (κ1) is 24.2. The monoisotopic (exact) mass is 480 g/mol. The van der Waals surface area contributed by atoms with E-state index in [2.05, 4.69) is 32.1 Å². The number of aromatic nitrogens is 3. The van der Waals surface area contributed by atoms with Gasteiger partial charge >= 0.3 is 6.18 Å². The van der Waals surface area contributed by atoms with Gasteiger partial charge < -0.3 is 10.3 Å². The van der Waals surface area contributed by atoms with Crippen molar-refractivity contribution in [2.24, 2.45) is 5.92 Å². The number of carbonyl (C=O) groups is 1. The van der Waals surface area contributed by atoms with Gasteiger partial charge in [0.05, 0.1) is 17.0 Å². The lowest BCUT2D eigenvalue weighted by Crippen LogP contribution is -2.22. The minimum atomic E-state index is -4.67. The normalized spacial score (nSPS) is 13.1. The molecule has 4 rings (SSSR count). The van der Waals surface area contributed by atoms with E-state index in [0.717, 1.165) is 18.9 Å². The Labute approximate surface area is 200 Å². The Kier molecular flexibility index (Phi) is 7.01. The van der Waals surface area contributed by atoms with Crippen LogP contribution in [0.4, 0.5) is 13.2 Å². The molecule has 2 heterocycles. The molecular weight excluding hydrogens is 457 g/mol. The molecule has 2 aromatic heterocycles. The first-order valence-corrected chi connectivity index (χ1v) is 11.3. The Morgan fingerprint density at radius 3 is 2.63 bits per heavy atom. The number of pyridine rings is 1. The Bertz CT molecular complexity index is 1350. The number of nitrogens with one attached hydrogen (secondary N) is 2. The van der Waals surface area contributed by atoms with E-state index in [9.17, 15) is 22.8 Å². The fourth-order valence-electron chi connectivity index (χ4n) is 3.41. The van der Waals surface area contributed by atoms with Gasteiger partial charge in [-0.05, 0) is 49.1 Å². The first-order chi connectivity index (χ1) is 16.7. The Balaban J connectivity index is 1.69. The van der Waals surface area contributed by atoms with Crippen LogP contribution in [0, 0.1) is 17.8 Å². The molecular formula is C26H23F3N4O2. The van der Waals surface area contributed by atoms with Crippen LogP contribution in [-0.4, -0.2) is 20.9 Å². The van der Waals surface area contributed by atoms with E-state index in [0.29, 0.717) is 35.6 Å². The molecule has 0 saturated heterocycles. The summed E-state index contributed by atoms with van der Waals surface area (Å²) in [6.45, 7) is 1.91. The van der Waals surface area contributed by atoms with Crippen LogP contribution in [0.25, 0.3) is 22.8 Å². The van der Waals surface area contributed by atoms with Gasteiger partial charge in [0.25, 0.3) is 5.56 Å². The summed E-state index contributed by atoms with van der Waals surface area (Å²) in [4.78, 5) is 35.1. The Morgan fingerprint density at radius 2 is 1.97 bits per heavy atom. The van der Waals surface area contributed by atoms with Crippen LogP contribution in [0.3, 0.4) is 0 Å². The van der Waals surface area contributed by atoms with Gasteiger partial charge in [-0.1, -0.05) is 24.8 Å². The number of hydrogen-bond donors (Lipinski definition) is 2. The van der Waals surface area contributed by atoms with E-state index in [1.807, 2.05) is 6.92 Å². The number of nitrogens with zero attached hydrogens (tertiary/aromatic N) is 2. The molecule has 0 aliphatic heterocycles. The van der Waals surface area contributed by atoms with Crippen molar-refractivity contribution in [3.8, 4) is 34.6 Å². The third-order valence-electron chi connectivity index (χ3n) is 5.38. The molecule has 3 aromatic rings. The largest absolute Gasteiger partial charge is 0.417 e. The van der Waals surface area contributed by atoms with Crippen molar-refractivity contribution in [3.63, 3.8) is 0 Å². The highest BCUT2D eigenvalue weighted by Crippen LogP contribution is 2.36. The van der Waals surface area contributed by atoms with Crippen LogP contribution in [0.2, 0.25) is 0 Å². The average molecular weight is 480 g/mol. The maximum absolute atomic E-state index is 13.8. The molecule has 0 spiro atoms. The second-order valence-electron chi connectivity index (χ2n) is 8.36. The molecule has 0 unspecified atom stereocenters.